The number of alkyl halides is 1. The molecular formula is C16H15FO2. The third-order valence-electron chi connectivity index (χ3n) is 2.78. The molecule has 0 saturated carbocycles. The molecule has 0 aliphatic carbocycles. The topological polar surface area (TPSA) is 26.3 Å². The summed E-state index contributed by atoms with van der Waals surface area (Å²) in [5.41, 5.74) is 2.94. The molecule has 98 valence electrons. The zero-order valence-corrected chi connectivity index (χ0v) is 10.5. The van der Waals surface area contributed by atoms with Crippen molar-refractivity contribution in [3.8, 4) is 11.1 Å². The first-order valence-electron chi connectivity index (χ1n) is 6.16. The largest absolute Gasteiger partial charge is 0.463 e. The highest BCUT2D eigenvalue weighted by molar-refractivity contribution is 5.77. The zero-order chi connectivity index (χ0) is 13.5. The molecule has 2 rings (SSSR count). The van der Waals surface area contributed by atoms with Gasteiger partial charge < -0.3 is 4.74 Å². The molecule has 0 amide bonds. The second-order valence-electron chi connectivity index (χ2n) is 4.11. The molecule has 2 aromatic rings. The molecule has 0 aromatic heterocycles. The van der Waals surface area contributed by atoms with E-state index < -0.39 is 12.6 Å². The minimum atomic E-state index is -0.647. The predicted octanol–water partition coefficient (Wildman–Crippen LogP) is 3.41. The van der Waals surface area contributed by atoms with Crippen molar-refractivity contribution in [2.24, 2.45) is 0 Å². The molecule has 0 N–H and O–H groups in total. The van der Waals surface area contributed by atoms with E-state index in [1.54, 1.807) is 0 Å². The lowest BCUT2D eigenvalue weighted by Gasteiger charge is -2.09. The lowest BCUT2D eigenvalue weighted by molar-refractivity contribution is -0.143. The molecule has 0 heterocycles. The third kappa shape index (κ3) is 3.65. The fourth-order valence-electron chi connectivity index (χ4n) is 1.93. The van der Waals surface area contributed by atoms with Gasteiger partial charge in [-0.15, -0.1) is 0 Å². The fraction of sp³-hybridized carbons (Fsp3) is 0.188. The van der Waals surface area contributed by atoms with E-state index in [9.17, 15) is 9.18 Å². The van der Waals surface area contributed by atoms with Crippen molar-refractivity contribution < 1.29 is 13.9 Å². The molecule has 0 radical (unpaired) electrons. The molecule has 0 atom stereocenters. The quantitative estimate of drug-likeness (QED) is 0.768. The maximum atomic E-state index is 12.0. The van der Waals surface area contributed by atoms with Gasteiger partial charge in [0.15, 0.2) is 0 Å². The zero-order valence-electron chi connectivity index (χ0n) is 10.5. The van der Waals surface area contributed by atoms with Gasteiger partial charge in [0, 0.05) is 0 Å². The SMILES string of the molecule is O=C(Cc1ccccc1-c1ccccc1)OCCF. The first kappa shape index (κ1) is 13.3. The molecule has 0 fully saturated rings. The highest BCUT2D eigenvalue weighted by Gasteiger charge is 2.09. The predicted molar refractivity (Wildman–Crippen MR) is 72.5 cm³/mol. The van der Waals surface area contributed by atoms with Gasteiger partial charge in [-0.25, -0.2) is 4.39 Å². The lowest BCUT2D eigenvalue weighted by Crippen LogP contribution is -2.10. The van der Waals surface area contributed by atoms with E-state index in [4.69, 9.17) is 4.74 Å². The van der Waals surface area contributed by atoms with Crippen molar-refractivity contribution in [1.82, 2.24) is 0 Å². The smallest absolute Gasteiger partial charge is 0.310 e. The van der Waals surface area contributed by atoms with Crippen LogP contribution in [0.25, 0.3) is 11.1 Å². The van der Waals surface area contributed by atoms with Crippen LogP contribution in [0, 0.1) is 0 Å². The molecule has 0 spiro atoms. The van der Waals surface area contributed by atoms with Crippen LogP contribution in [0.15, 0.2) is 54.6 Å². The molecule has 19 heavy (non-hydrogen) atoms. The van der Waals surface area contributed by atoms with Gasteiger partial charge in [0.1, 0.15) is 13.3 Å². The number of halogens is 1. The van der Waals surface area contributed by atoms with Crippen LogP contribution in [0.4, 0.5) is 4.39 Å². The van der Waals surface area contributed by atoms with E-state index in [0.717, 1.165) is 16.7 Å². The summed E-state index contributed by atoms with van der Waals surface area (Å²) in [5, 5.41) is 0. The van der Waals surface area contributed by atoms with E-state index in [-0.39, 0.29) is 13.0 Å². The highest BCUT2D eigenvalue weighted by Crippen LogP contribution is 2.23. The van der Waals surface area contributed by atoms with Gasteiger partial charge in [0.05, 0.1) is 6.42 Å². The summed E-state index contributed by atoms with van der Waals surface area (Å²) in [5.74, 6) is -0.402. The minimum Gasteiger partial charge on any atom is -0.463 e. The number of carbonyl (C=O) groups is 1. The normalized spacial score (nSPS) is 10.2. The lowest BCUT2D eigenvalue weighted by atomic mass is 9.98. The van der Waals surface area contributed by atoms with Gasteiger partial charge in [-0.05, 0) is 16.7 Å². The second kappa shape index (κ2) is 6.69. The van der Waals surface area contributed by atoms with Gasteiger partial charge in [-0.1, -0.05) is 54.6 Å². The number of benzene rings is 2. The van der Waals surface area contributed by atoms with E-state index in [0.29, 0.717) is 0 Å². The monoisotopic (exact) mass is 258 g/mol. The third-order valence-corrected chi connectivity index (χ3v) is 2.78. The van der Waals surface area contributed by atoms with Crippen molar-refractivity contribution in [3.63, 3.8) is 0 Å². The molecule has 0 unspecified atom stereocenters. The standard InChI is InChI=1S/C16H15FO2/c17-10-11-19-16(18)12-14-8-4-5-9-15(14)13-6-2-1-3-7-13/h1-9H,10-12H2. The molecule has 2 aromatic carbocycles. The second-order valence-corrected chi connectivity index (χ2v) is 4.11. The summed E-state index contributed by atoms with van der Waals surface area (Å²) >= 11 is 0. The molecule has 0 aliphatic rings. The Morgan fingerprint density at radius 2 is 1.68 bits per heavy atom. The first-order chi connectivity index (χ1) is 9.31. The molecule has 3 heteroatoms. The van der Waals surface area contributed by atoms with Crippen LogP contribution < -0.4 is 0 Å². The molecular weight excluding hydrogens is 243 g/mol. The average molecular weight is 258 g/mol. The summed E-state index contributed by atoms with van der Waals surface area (Å²) in [4.78, 5) is 11.6. The number of carbonyl (C=O) groups excluding carboxylic acids is 1. The van der Waals surface area contributed by atoms with E-state index in [1.165, 1.54) is 0 Å². The number of ether oxygens (including phenoxy) is 1. The van der Waals surface area contributed by atoms with Crippen LogP contribution in [-0.2, 0) is 16.0 Å². The van der Waals surface area contributed by atoms with Gasteiger partial charge in [0.2, 0.25) is 0 Å². The van der Waals surface area contributed by atoms with Crippen LogP contribution in [0.1, 0.15) is 5.56 Å². The average Bonchev–Trinajstić information content (AvgIpc) is 2.46. The molecule has 0 bridgehead atoms. The molecule has 0 aliphatic heterocycles. The van der Waals surface area contributed by atoms with Crippen molar-refractivity contribution in [1.29, 1.82) is 0 Å². The van der Waals surface area contributed by atoms with Gasteiger partial charge in [0.25, 0.3) is 0 Å². The summed E-state index contributed by atoms with van der Waals surface area (Å²) in [7, 11) is 0. The fourth-order valence-corrected chi connectivity index (χ4v) is 1.93. The number of esters is 1. The van der Waals surface area contributed by atoms with Crippen LogP contribution in [0.3, 0.4) is 0 Å². The summed E-state index contributed by atoms with van der Waals surface area (Å²) in [6.45, 7) is -0.821. The maximum Gasteiger partial charge on any atom is 0.310 e. The molecule has 0 saturated heterocycles. The number of rotatable bonds is 5. The van der Waals surface area contributed by atoms with Crippen LogP contribution in [0.5, 0.6) is 0 Å². The van der Waals surface area contributed by atoms with Gasteiger partial charge >= 0.3 is 5.97 Å². The Kier molecular flexibility index (Phi) is 4.67. The van der Waals surface area contributed by atoms with Gasteiger partial charge in [-0.3, -0.25) is 4.79 Å². The number of hydrogen-bond acceptors (Lipinski definition) is 2. The van der Waals surface area contributed by atoms with E-state index in [1.807, 2.05) is 54.6 Å². The van der Waals surface area contributed by atoms with Crippen molar-refractivity contribution >= 4 is 5.97 Å². The van der Waals surface area contributed by atoms with E-state index >= 15 is 0 Å². The van der Waals surface area contributed by atoms with Crippen LogP contribution in [-0.4, -0.2) is 19.3 Å². The van der Waals surface area contributed by atoms with Crippen molar-refractivity contribution in [2.45, 2.75) is 6.42 Å². The van der Waals surface area contributed by atoms with Crippen LogP contribution in [0.2, 0.25) is 0 Å². The number of hydrogen-bond donors (Lipinski definition) is 0. The first-order valence-corrected chi connectivity index (χ1v) is 6.16. The Bertz CT molecular complexity index is 537. The van der Waals surface area contributed by atoms with Crippen molar-refractivity contribution in [3.05, 3.63) is 60.2 Å². The Balaban J connectivity index is 2.20. The Labute approximate surface area is 111 Å². The van der Waals surface area contributed by atoms with Crippen LogP contribution >= 0.6 is 0 Å². The summed E-state index contributed by atoms with van der Waals surface area (Å²) < 4.78 is 16.7. The Morgan fingerprint density at radius 3 is 2.42 bits per heavy atom. The highest BCUT2D eigenvalue weighted by atomic mass is 19.1. The summed E-state index contributed by atoms with van der Waals surface area (Å²) in [6.07, 6.45) is 0.158. The summed E-state index contributed by atoms with van der Waals surface area (Å²) in [6, 6.07) is 17.5. The minimum absolute atomic E-state index is 0.158. The van der Waals surface area contributed by atoms with E-state index in [2.05, 4.69) is 0 Å². The van der Waals surface area contributed by atoms with Gasteiger partial charge in [-0.2, -0.15) is 0 Å². The maximum absolute atomic E-state index is 12.0. The Hall–Kier alpha value is -2.16. The molecule has 2 nitrogen and oxygen atoms in total. The van der Waals surface area contributed by atoms with Crippen molar-refractivity contribution in [2.75, 3.05) is 13.3 Å². The Morgan fingerprint density at radius 1 is 1.00 bits per heavy atom.